The second kappa shape index (κ2) is 15.0. The molecule has 8 nitrogen and oxygen atoms in total. The summed E-state index contributed by atoms with van der Waals surface area (Å²) in [5, 5.41) is 3.85. The van der Waals surface area contributed by atoms with E-state index in [1.807, 2.05) is 20.8 Å². The molecule has 0 aliphatic carbocycles. The van der Waals surface area contributed by atoms with Gasteiger partial charge in [-0.15, -0.1) is 0 Å². The topological polar surface area (TPSA) is 96.0 Å². The van der Waals surface area contributed by atoms with Gasteiger partial charge in [-0.05, 0) is 86.0 Å². The minimum Gasteiger partial charge on any atom is -0.494 e. The molecule has 1 atom stereocenters. The molecule has 12 heteroatoms. The molecule has 0 bridgehead atoms. The first-order valence-electron chi connectivity index (χ1n) is 13.4. The van der Waals surface area contributed by atoms with Crippen molar-refractivity contribution in [2.24, 2.45) is 5.92 Å². The summed E-state index contributed by atoms with van der Waals surface area (Å²) in [6.07, 6.45) is 0. The average molecular weight is 655 g/mol. The van der Waals surface area contributed by atoms with Crippen molar-refractivity contribution in [1.82, 2.24) is 10.2 Å². The molecule has 0 fully saturated rings. The zero-order valence-corrected chi connectivity index (χ0v) is 26.9. The lowest BCUT2D eigenvalue weighted by Crippen LogP contribution is -2.51. The molecule has 226 valence electrons. The molecular weight excluding hydrogens is 621 g/mol. The van der Waals surface area contributed by atoms with Crippen LogP contribution in [-0.4, -0.2) is 50.9 Å². The summed E-state index contributed by atoms with van der Waals surface area (Å²) in [5.41, 5.74) is 0.864. The molecule has 3 aromatic carbocycles. The molecule has 1 N–H and O–H groups in total. The molecule has 0 aliphatic heterocycles. The van der Waals surface area contributed by atoms with Gasteiger partial charge in [-0.2, -0.15) is 0 Å². The minimum absolute atomic E-state index is 0.00982. The van der Waals surface area contributed by atoms with Crippen molar-refractivity contribution in [1.29, 1.82) is 0 Å². The van der Waals surface area contributed by atoms with E-state index in [4.69, 9.17) is 39.5 Å². The Morgan fingerprint density at radius 3 is 2.12 bits per heavy atom. The monoisotopic (exact) mass is 653 g/mol. The first-order chi connectivity index (χ1) is 19.8. The lowest BCUT2D eigenvalue weighted by molar-refractivity contribution is -0.139. The molecule has 0 spiro atoms. The number of rotatable bonds is 13. The van der Waals surface area contributed by atoms with Crippen LogP contribution in [0.25, 0.3) is 0 Å². The number of carbonyl (C=O) groups excluding carboxylic acids is 2. The maximum absolute atomic E-state index is 14.0. The molecule has 3 aromatic rings. The number of nitrogens with zero attached hydrogens (tertiary/aromatic N) is 2. The summed E-state index contributed by atoms with van der Waals surface area (Å²) >= 11 is 18.3. The highest BCUT2D eigenvalue weighted by Crippen LogP contribution is 2.28. The zero-order valence-electron chi connectivity index (χ0n) is 23.8. The van der Waals surface area contributed by atoms with Gasteiger partial charge in [-0.25, -0.2) is 8.42 Å². The van der Waals surface area contributed by atoms with Crippen molar-refractivity contribution >= 4 is 62.3 Å². The quantitative estimate of drug-likeness (QED) is 0.229. The summed E-state index contributed by atoms with van der Waals surface area (Å²) in [4.78, 5) is 28.4. The fraction of sp³-hybridized carbons (Fsp3) is 0.333. The number of ether oxygens (including phenoxy) is 1. The number of hydrogen-bond acceptors (Lipinski definition) is 5. The summed E-state index contributed by atoms with van der Waals surface area (Å²) in [6.45, 7) is 7.61. The highest BCUT2D eigenvalue weighted by Gasteiger charge is 2.32. The zero-order chi connectivity index (χ0) is 31.0. The lowest BCUT2D eigenvalue weighted by Gasteiger charge is -2.32. The Morgan fingerprint density at radius 1 is 0.905 bits per heavy atom. The molecule has 3 rings (SSSR count). The van der Waals surface area contributed by atoms with E-state index in [2.05, 4.69) is 5.32 Å². The third kappa shape index (κ3) is 8.77. The largest absolute Gasteiger partial charge is 0.494 e. The Hall–Kier alpha value is -2.98. The number of anilines is 1. The van der Waals surface area contributed by atoms with Crippen LogP contribution < -0.4 is 14.4 Å². The molecule has 0 aliphatic rings. The Bertz CT molecular complexity index is 1480. The van der Waals surface area contributed by atoms with Crippen molar-refractivity contribution in [3.63, 3.8) is 0 Å². The van der Waals surface area contributed by atoms with Gasteiger partial charge in [-0.1, -0.05) is 54.7 Å². The number of halogens is 3. The van der Waals surface area contributed by atoms with Gasteiger partial charge >= 0.3 is 0 Å². The Kier molecular flexibility index (Phi) is 11.9. The van der Waals surface area contributed by atoms with Crippen molar-refractivity contribution in [2.75, 3.05) is 24.0 Å². The molecule has 0 saturated carbocycles. The van der Waals surface area contributed by atoms with E-state index in [0.29, 0.717) is 39.5 Å². The SMILES string of the molecule is CCOc1ccc(N(CC(=O)N(Cc2ccc(Cl)c(Cl)c2)[C@H](C)C(=O)NCC(C)C)S(=O)(=O)c2ccc(Cl)cc2)cc1. The first kappa shape index (κ1) is 33.5. The van der Waals surface area contributed by atoms with E-state index >= 15 is 0 Å². The van der Waals surface area contributed by atoms with Gasteiger partial charge < -0.3 is 15.0 Å². The molecular formula is C30H34Cl3N3O5S. The Morgan fingerprint density at radius 2 is 1.55 bits per heavy atom. The second-order valence-electron chi connectivity index (χ2n) is 9.98. The number of benzene rings is 3. The van der Waals surface area contributed by atoms with E-state index in [0.717, 1.165) is 4.31 Å². The van der Waals surface area contributed by atoms with Crippen LogP contribution in [0.4, 0.5) is 5.69 Å². The summed E-state index contributed by atoms with van der Waals surface area (Å²) in [6, 6.07) is 16.0. The number of hydrogen-bond donors (Lipinski definition) is 1. The van der Waals surface area contributed by atoms with Crippen LogP contribution in [-0.2, 0) is 26.2 Å². The third-order valence-corrected chi connectivity index (χ3v) is 9.08. The summed E-state index contributed by atoms with van der Waals surface area (Å²) in [5.74, 6) is -0.224. The Labute approximate surface area is 262 Å². The van der Waals surface area contributed by atoms with E-state index in [1.54, 1.807) is 49.4 Å². The number of amides is 2. The fourth-order valence-electron chi connectivity index (χ4n) is 4.01. The minimum atomic E-state index is -4.23. The van der Waals surface area contributed by atoms with Crippen LogP contribution in [0.2, 0.25) is 15.1 Å². The van der Waals surface area contributed by atoms with Gasteiger partial charge in [0.25, 0.3) is 10.0 Å². The predicted molar refractivity (Wildman–Crippen MR) is 168 cm³/mol. The molecule has 0 radical (unpaired) electrons. The maximum Gasteiger partial charge on any atom is 0.264 e. The smallest absolute Gasteiger partial charge is 0.264 e. The second-order valence-corrected chi connectivity index (χ2v) is 13.1. The van der Waals surface area contributed by atoms with Gasteiger partial charge in [0.1, 0.15) is 18.3 Å². The van der Waals surface area contributed by atoms with Crippen molar-refractivity contribution in [3.8, 4) is 5.75 Å². The number of carbonyl (C=O) groups is 2. The third-order valence-electron chi connectivity index (χ3n) is 6.30. The molecule has 0 heterocycles. The fourth-order valence-corrected chi connectivity index (χ4v) is 5.87. The van der Waals surface area contributed by atoms with Crippen LogP contribution in [0.15, 0.2) is 71.6 Å². The molecule has 0 saturated heterocycles. The van der Waals surface area contributed by atoms with E-state index in [1.165, 1.54) is 29.2 Å². The van der Waals surface area contributed by atoms with Crippen LogP contribution in [0.5, 0.6) is 5.75 Å². The number of sulfonamides is 1. The van der Waals surface area contributed by atoms with E-state index in [9.17, 15) is 18.0 Å². The van der Waals surface area contributed by atoms with E-state index < -0.39 is 28.5 Å². The van der Waals surface area contributed by atoms with Gasteiger partial charge in [0.2, 0.25) is 11.8 Å². The van der Waals surface area contributed by atoms with Crippen LogP contribution in [0.3, 0.4) is 0 Å². The Balaban J connectivity index is 2.03. The standard InChI is InChI=1S/C30H34Cl3N3O5S/c1-5-41-25-11-9-24(10-12-25)36(42(39,40)26-13-7-23(31)8-14-26)19-29(37)35(21(4)30(38)34-17-20(2)3)18-22-6-15-27(32)28(33)16-22/h6-16,20-21H,5,17-19H2,1-4H3,(H,34,38)/t21-/m1/s1. The predicted octanol–water partition coefficient (Wildman–Crippen LogP) is 6.43. The summed E-state index contributed by atoms with van der Waals surface area (Å²) in [7, 11) is -4.23. The van der Waals surface area contributed by atoms with Gasteiger partial charge in [0, 0.05) is 18.1 Å². The molecule has 2 amide bonds. The summed E-state index contributed by atoms with van der Waals surface area (Å²) < 4.78 is 34.3. The molecule has 0 aromatic heterocycles. The van der Waals surface area contributed by atoms with Crippen molar-refractivity contribution in [2.45, 2.75) is 45.2 Å². The first-order valence-corrected chi connectivity index (χ1v) is 15.9. The van der Waals surface area contributed by atoms with Gasteiger partial charge in [0.05, 0.1) is 27.2 Å². The van der Waals surface area contributed by atoms with E-state index in [-0.39, 0.29) is 29.0 Å². The van der Waals surface area contributed by atoms with Crippen molar-refractivity contribution < 1.29 is 22.7 Å². The normalized spacial score (nSPS) is 12.1. The van der Waals surface area contributed by atoms with Crippen LogP contribution >= 0.6 is 34.8 Å². The van der Waals surface area contributed by atoms with Gasteiger partial charge in [0.15, 0.2) is 0 Å². The van der Waals surface area contributed by atoms with Gasteiger partial charge in [-0.3, -0.25) is 13.9 Å². The lowest BCUT2D eigenvalue weighted by atomic mass is 10.1. The van der Waals surface area contributed by atoms with Crippen LogP contribution in [0.1, 0.15) is 33.3 Å². The highest BCUT2D eigenvalue weighted by molar-refractivity contribution is 7.92. The average Bonchev–Trinajstić information content (AvgIpc) is 2.95. The number of nitrogens with one attached hydrogen (secondary N) is 1. The molecule has 0 unspecified atom stereocenters. The molecule has 42 heavy (non-hydrogen) atoms. The maximum atomic E-state index is 14.0. The van der Waals surface area contributed by atoms with Crippen LogP contribution in [0, 0.1) is 5.92 Å². The highest BCUT2D eigenvalue weighted by atomic mass is 35.5. The van der Waals surface area contributed by atoms with Crippen molar-refractivity contribution in [3.05, 3.63) is 87.4 Å².